The number of ether oxygens (including phenoxy) is 2. The van der Waals surface area contributed by atoms with E-state index < -0.39 is 0 Å². The molecule has 3 rings (SSSR count). The highest BCUT2D eigenvalue weighted by molar-refractivity contribution is 5.43. The van der Waals surface area contributed by atoms with Crippen LogP contribution in [0.1, 0.15) is 31.4 Å². The van der Waals surface area contributed by atoms with Gasteiger partial charge in [-0.05, 0) is 69.0 Å². The molecule has 2 aromatic carbocycles. The minimum Gasteiger partial charge on any atom is -0.493 e. The maximum absolute atomic E-state index is 5.46. The van der Waals surface area contributed by atoms with E-state index in [0.29, 0.717) is 12.0 Å². The average Bonchev–Trinajstić information content (AvgIpc) is 2.73. The molecule has 0 aromatic heterocycles. The number of rotatable bonds is 8. The fraction of sp³-hybridized carbons (Fsp3) is 0.520. The van der Waals surface area contributed by atoms with Crippen molar-refractivity contribution >= 4 is 0 Å². The summed E-state index contributed by atoms with van der Waals surface area (Å²) in [6, 6.07) is 17.7. The number of nitrogens with zero attached hydrogens (tertiary/aromatic N) is 1. The van der Waals surface area contributed by atoms with Crippen LogP contribution in [0.5, 0.6) is 11.5 Å². The Bertz CT molecular complexity index is 780. The van der Waals surface area contributed by atoms with Gasteiger partial charge in [0.15, 0.2) is 11.5 Å². The number of hydrogen-bond donors (Lipinski definition) is 1. The molecule has 0 spiro atoms. The largest absolute Gasteiger partial charge is 0.493 e. The lowest BCUT2D eigenvalue weighted by molar-refractivity contribution is 0.0547. The fourth-order valence-corrected chi connectivity index (χ4v) is 4.68. The molecule has 1 heterocycles. The van der Waals surface area contributed by atoms with E-state index in [1.54, 1.807) is 14.2 Å². The maximum atomic E-state index is 5.46. The van der Waals surface area contributed by atoms with Gasteiger partial charge in [-0.3, -0.25) is 0 Å². The number of benzene rings is 2. The quantitative estimate of drug-likeness (QED) is 0.726. The van der Waals surface area contributed by atoms with Crippen molar-refractivity contribution in [1.29, 1.82) is 0 Å². The van der Waals surface area contributed by atoms with Crippen molar-refractivity contribution in [2.75, 3.05) is 34.4 Å². The lowest BCUT2D eigenvalue weighted by atomic mass is 9.72. The molecular formula is C25H36N2O2. The summed E-state index contributed by atoms with van der Waals surface area (Å²) in [6.07, 6.45) is 3.19. The van der Waals surface area contributed by atoms with E-state index in [0.717, 1.165) is 43.9 Å². The van der Waals surface area contributed by atoms with Crippen LogP contribution in [0.4, 0.5) is 0 Å². The van der Waals surface area contributed by atoms with Gasteiger partial charge in [0.25, 0.3) is 0 Å². The van der Waals surface area contributed by atoms with E-state index in [1.807, 2.05) is 6.07 Å². The van der Waals surface area contributed by atoms with Gasteiger partial charge >= 0.3 is 0 Å². The van der Waals surface area contributed by atoms with Crippen LogP contribution in [0.2, 0.25) is 0 Å². The second kappa shape index (κ2) is 9.64. The first-order valence-corrected chi connectivity index (χ1v) is 10.7. The van der Waals surface area contributed by atoms with Crippen molar-refractivity contribution in [2.24, 2.45) is 5.92 Å². The van der Waals surface area contributed by atoms with Crippen molar-refractivity contribution in [1.82, 2.24) is 10.2 Å². The fourth-order valence-electron chi connectivity index (χ4n) is 4.68. The van der Waals surface area contributed by atoms with Gasteiger partial charge in [-0.1, -0.05) is 43.3 Å². The summed E-state index contributed by atoms with van der Waals surface area (Å²) in [5.41, 5.74) is 2.79. The molecule has 0 unspecified atom stereocenters. The van der Waals surface area contributed by atoms with Gasteiger partial charge in [0, 0.05) is 18.1 Å². The van der Waals surface area contributed by atoms with E-state index >= 15 is 0 Å². The predicted molar refractivity (Wildman–Crippen MR) is 120 cm³/mol. The number of likely N-dealkylation sites (tertiary alicyclic amines) is 1. The lowest BCUT2D eigenvalue weighted by Crippen LogP contribution is -2.62. The first-order chi connectivity index (χ1) is 14.0. The van der Waals surface area contributed by atoms with Crippen LogP contribution < -0.4 is 14.8 Å². The Morgan fingerprint density at radius 2 is 1.72 bits per heavy atom. The smallest absolute Gasteiger partial charge is 0.160 e. The Labute approximate surface area is 176 Å². The second-order valence-corrected chi connectivity index (χ2v) is 8.58. The van der Waals surface area contributed by atoms with Gasteiger partial charge in [0.2, 0.25) is 0 Å². The minimum absolute atomic E-state index is 0.115. The first kappa shape index (κ1) is 21.7. The monoisotopic (exact) mass is 396 g/mol. The zero-order valence-electron chi connectivity index (χ0n) is 18.6. The zero-order valence-corrected chi connectivity index (χ0v) is 18.6. The summed E-state index contributed by atoms with van der Waals surface area (Å²) in [7, 11) is 5.61. The molecular weight excluding hydrogens is 360 g/mol. The molecule has 4 nitrogen and oxygen atoms in total. The Kier molecular flexibility index (Phi) is 7.20. The zero-order chi connectivity index (χ0) is 20.9. The number of methoxy groups -OCH3 is 2. The normalized spacial score (nSPS) is 25.0. The highest BCUT2D eigenvalue weighted by Gasteiger charge is 2.42. The van der Waals surface area contributed by atoms with Gasteiger partial charge in [-0.25, -0.2) is 0 Å². The standard InChI is InChI=1S/C25H36N2O2/c1-19-18-27(3)20(2)16-25(19,17-22-9-7-6-8-10-22)26-14-13-21-11-12-23(28-4)24(15-21)29-5/h6-12,15,19-20,26H,13-14,16-18H2,1-5H3/t19-,20+,25+/m0/s1. The van der Waals surface area contributed by atoms with Gasteiger partial charge in [-0.2, -0.15) is 0 Å². The molecule has 29 heavy (non-hydrogen) atoms. The first-order valence-electron chi connectivity index (χ1n) is 10.7. The molecule has 0 amide bonds. The van der Waals surface area contributed by atoms with Crippen LogP contribution in [-0.4, -0.2) is 50.8 Å². The molecule has 1 aliphatic rings. The van der Waals surface area contributed by atoms with E-state index in [9.17, 15) is 0 Å². The van der Waals surface area contributed by atoms with E-state index in [4.69, 9.17) is 9.47 Å². The summed E-state index contributed by atoms with van der Waals surface area (Å²) in [4.78, 5) is 2.49. The van der Waals surface area contributed by atoms with Crippen LogP contribution >= 0.6 is 0 Å². The molecule has 0 radical (unpaired) electrons. The molecule has 4 heteroatoms. The number of hydrogen-bond acceptors (Lipinski definition) is 4. The van der Waals surface area contributed by atoms with E-state index in [-0.39, 0.29) is 5.54 Å². The summed E-state index contributed by atoms with van der Waals surface area (Å²) >= 11 is 0. The topological polar surface area (TPSA) is 33.7 Å². The third-order valence-corrected chi connectivity index (χ3v) is 6.62. The highest BCUT2D eigenvalue weighted by Crippen LogP contribution is 2.34. The molecule has 0 aliphatic carbocycles. The van der Waals surface area contributed by atoms with Crippen molar-refractivity contribution in [3.63, 3.8) is 0 Å². The second-order valence-electron chi connectivity index (χ2n) is 8.58. The summed E-state index contributed by atoms with van der Waals surface area (Å²) in [6.45, 7) is 6.82. The van der Waals surface area contributed by atoms with E-state index in [2.05, 4.69) is 73.6 Å². The van der Waals surface area contributed by atoms with Crippen molar-refractivity contribution in [3.05, 3.63) is 59.7 Å². The van der Waals surface area contributed by atoms with E-state index in [1.165, 1.54) is 11.1 Å². The van der Waals surface area contributed by atoms with Gasteiger partial charge in [-0.15, -0.1) is 0 Å². The molecule has 0 saturated carbocycles. The lowest BCUT2D eigenvalue weighted by Gasteiger charge is -2.50. The Balaban J connectivity index is 1.74. The van der Waals surface area contributed by atoms with Crippen LogP contribution in [0.25, 0.3) is 0 Å². The van der Waals surface area contributed by atoms with Crippen LogP contribution in [0.3, 0.4) is 0 Å². The highest BCUT2D eigenvalue weighted by atomic mass is 16.5. The molecule has 0 bridgehead atoms. The minimum atomic E-state index is 0.115. The van der Waals surface area contributed by atoms with Crippen LogP contribution in [0, 0.1) is 5.92 Å². The maximum Gasteiger partial charge on any atom is 0.160 e. The molecule has 1 aliphatic heterocycles. The summed E-state index contributed by atoms with van der Waals surface area (Å²) < 4.78 is 10.8. The molecule has 1 N–H and O–H groups in total. The molecule has 2 aromatic rings. The molecule has 3 atom stereocenters. The summed E-state index contributed by atoms with van der Waals surface area (Å²) in [5, 5.41) is 4.00. The van der Waals surface area contributed by atoms with Crippen molar-refractivity contribution < 1.29 is 9.47 Å². The van der Waals surface area contributed by atoms with Crippen molar-refractivity contribution in [3.8, 4) is 11.5 Å². The Morgan fingerprint density at radius 3 is 2.41 bits per heavy atom. The number of nitrogens with one attached hydrogen (secondary N) is 1. The number of piperidine rings is 1. The SMILES string of the molecule is COc1ccc(CCN[C@@]2(Cc3ccccc3)C[C@@H](C)N(C)C[C@@H]2C)cc1OC. The van der Waals surface area contributed by atoms with Crippen molar-refractivity contribution in [2.45, 2.75) is 44.7 Å². The molecule has 158 valence electrons. The third kappa shape index (κ3) is 5.12. The van der Waals surface area contributed by atoms with Crippen LogP contribution in [-0.2, 0) is 12.8 Å². The van der Waals surface area contributed by atoms with Crippen LogP contribution in [0.15, 0.2) is 48.5 Å². The van der Waals surface area contributed by atoms with Gasteiger partial charge in [0.1, 0.15) is 0 Å². The summed E-state index contributed by atoms with van der Waals surface area (Å²) in [5.74, 6) is 2.15. The Hall–Kier alpha value is -2.04. The Morgan fingerprint density at radius 1 is 1.00 bits per heavy atom. The molecule has 1 fully saturated rings. The third-order valence-electron chi connectivity index (χ3n) is 6.62. The predicted octanol–water partition coefficient (Wildman–Crippen LogP) is 4.18. The van der Waals surface area contributed by atoms with Gasteiger partial charge in [0.05, 0.1) is 14.2 Å². The van der Waals surface area contributed by atoms with Gasteiger partial charge < -0.3 is 19.7 Å². The molecule has 1 saturated heterocycles. The average molecular weight is 397 g/mol.